The molecule has 0 atom stereocenters. The zero-order valence-electron chi connectivity index (χ0n) is 5.95. The molecule has 5 heteroatoms. The Labute approximate surface area is 63.2 Å². The van der Waals surface area contributed by atoms with Gasteiger partial charge in [0, 0.05) is 5.92 Å². The van der Waals surface area contributed by atoms with Crippen LogP contribution < -0.4 is 0 Å². The lowest BCUT2D eigenvalue weighted by Gasteiger charge is -1.89. The molecule has 1 aliphatic carbocycles. The molecule has 0 unspecified atom stereocenters. The highest BCUT2D eigenvalue weighted by molar-refractivity contribution is 5.84. The van der Waals surface area contributed by atoms with E-state index in [1.165, 1.54) is 0 Å². The van der Waals surface area contributed by atoms with Gasteiger partial charge in [-0.25, -0.2) is 0 Å². The largest absolute Gasteiger partial charge is 0.299 e. The van der Waals surface area contributed by atoms with Gasteiger partial charge in [0.05, 0.1) is 6.42 Å². The Kier molecular flexibility index (Phi) is 1.41. The van der Waals surface area contributed by atoms with Crippen LogP contribution in [-0.4, -0.2) is 26.4 Å². The van der Waals surface area contributed by atoms with Gasteiger partial charge in [-0.2, -0.15) is 5.21 Å². The third kappa shape index (κ3) is 1.42. The molecule has 0 spiro atoms. The lowest BCUT2D eigenvalue weighted by Crippen LogP contribution is -2.05. The molecule has 0 bridgehead atoms. The maximum absolute atomic E-state index is 11.2. The van der Waals surface area contributed by atoms with Crippen molar-refractivity contribution < 1.29 is 4.79 Å². The molecule has 2 rings (SSSR count). The van der Waals surface area contributed by atoms with Crippen molar-refractivity contribution in [3.63, 3.8) is 0 Å². The van der Waals surface area contributed by atoms with Crippen LogP contribution in [0.3, 0.4) is 0 Å². The van der Waals surface area contributed by atoms with Crippen molar-refractivity contribution in [3.05, 3.63) is 5.82 Å². The molecule has 1 aliphatic rings. The van der Waals surface area contributed by atoms with E-state index in [-0.39, 0.29) is 11.7 Å². The van der Waals surface area contributed by atoms with Crippen LogP contribution in [0.4, 0.5) is 0 Å². The third-order valence-corrected chi connectivity index (χ3v) is 1.75. The van der Waals surface area contributed by atoms with E-state index < -0.39 is 0 Å². The SMILES string of the molecule is O=C(Cc1nn[nH]n1)C1CC1. The fourth-order valence-electron chi connectivity index (χ4n) is 0.963. The summed E-state index contributed by atoms with van der Waals surface area (Å²) in [5.74, 6) is 1.03. The summed E-state index contributed by atoms with van der Waals surface area (Å²) in [7, 11) is 0. The van der Waals surface area contributed by atoms with Crippen LogP contribution in [0, 0.1) is 5.92 Å². The van der Waals surface area contributed by atoms with Crippen molar-refractivity contribution in [2.45, 2.75) is 19.3 Å². The lowest BCUT2D eigenvalue weighted by molar-refractivity contribution is -0.119. The van der Waals surface area contributed by atoms with Gasteiger partial charge in [-0.1, -0.05) is 5.21 Å². The van der Waals surface area contributed by atoms with Gasteiger partial charge < -0.3 is 0 Å². The standard InChI is InChI=1S/C6H8N4O/c11-5(4-1-2-4)3-6-7-9-10-8-6/h4H,1-3H2,(H,7,8,9,10). The molecule has 0 aliphatic heterocycles. The van der Waals surface area contributed by atoms with Crippen molar-refractivity contribution in [2.24, 2.45) is 5.92 Å². The predicted molar refractivity (Wildman–Crippen MR) is 35.6 cm³/mol. The van der Waals surface area contributed by atoms with Crippen LogP contribution in [0.25, 0.3) is 0 Å². The molecule has 5 nitrogen and oxygen atoms in total. The van der Waals surface area contributed by atoms with Crippen molar-refractivity contribution in [3.8, 4) is 0 Å². The minimum absolute atomic E-state index is 0.242. The van der Waals surface area contributed by atoms with E-state index in [9.17, 15) is 4.79 Å². The van der Waals surface area contributed by atoms with Crippen molar-refractivity contribution >= 4 is 5.78 Å². The zero-order chi connectivity index (χ0) is 7.68. The molecule has 1 N–H and O–H groups in total. The van der Waals surface area contributed by atoms with E-state index >= 15 is 0 Å². The molecular formula is C6H8N4O. The van der Waals surface area contributed by atoms with Crippen molar-refractivity contribution in [1.82, 2.24) is 20.6 Å². The minimum atomic E-state index is 0.242. The number of H-pyrrole nitrogens is 1. The average molecular weight is 152 g/mol. The predicted octanol–water partition coefficient (Wildman–Crippen LogP) is -0.279. The van der Waals surface area contributed by atoms with Gasteiger partial charge in [0.1, 0.15) is 5.78 Å². The number of carbonyl (C=O) groups is 1. The number of carbonyl (C=O) groups excluding carboxylic acids is 1. The van der Waals surface area contributed by atoms with Gasteiger partial charge in [-0.3, -0.25) is 4.79 Å². The van der Waals surface area contributed by atoms with Crippen LogP contribution >= 0.6 is 0 Å². The second-order valence-corrected chi connectivity index (χ2v) is 2.75. The maximum atomic E-state index is 11.2. The number of nitrogens with zero attached hydrogens (tertiary/aromatic N) is 3. The highest BCUT2D eigenvalue weighted by Gasteiger charge is 2.29. The molecule has 1 fully saturated rings. The number of rotatable bonds is 3. The molecule has 1 aromatic rings. The summed E-state index contributed by atoms with van der Waals surface area (Å²) in [5.41, 5.74) is 0. The average Bonchev–Trinajstić information content (AvgIpc) is 2.73. The zero-order valence-corrected chi connectivity index (χ0v) is 5.95. The first-order valence-corrected chi connectivity index (χ1v) is 3.61. The number of nitrogens with one attached hydrogen (secondary N) is 1. The monoisotopic (exact) mass is 152 g/mol. The topological polar surface area (TPSA) is 71.5 Å². The Morgan fingerprint density at radius 1 is 1.64 bits per heavy atom. The first kappa shape index (κ1) is 6.45. The van der Waals surface area contributed by atoms with Gasteiger partial charge in [-0.15, -0.1) is 10.2 Å². The Morgan fingerprint density at radius 3 is 3.00 bits per heavy atom. The van der Waals surface area contributed by atoms with Crippen LogP contribution in [0.15, 0.2) is 0 Å². The van der Waals surface area contributed by atoms with Crippen molar-refractivity contribution in [2.75, 3.05) is 0 Å². The number of Topliss-reactive ketones (excluding diaryl/α,β-unsaturated/α-hetero) is 1. The summed E-state index contributed by atoms with van der Waals surface area (Å²) in [6.45, 7) is 0. The van der Waals surface area contributed by atoms with Crippen molar-refractivity contribution in [1.29, 1.82) is 0 Å². The fraction of sp³-hybridized carbons (Fsp3) is 0.667. The van der Waals surface area contributed by atoms with E-state index in [4.69, 9.17) is 0 Å². The second kappa shape index (κ2) is 2.41. The highest BCUT2D eigenvalue weighted by Crippen LogP contribution is 2.30. The number of aromatic amines is 1. The molecule has 1 saturated carbocycles. The molecule has 0 aromatic carbocycles. The Morgan fingerprint density at radius 2 is 2.45 bits per heavy atom. The number of hydrogen-bond acceptors (Lipinski definition) is 4. The van der Waals surface area contributed by atoms with Gasteiger partial charge in [0.25, 0.3) is 0 Å². The number of tetrazole rings is 1. The third-order valence-electron chi connectivity index (χ3n) is 1.75. The molecule has 1 aromatic heterocycles. The molecule has 0 radical (unpaired) electrons. The summed E-state index contributed by atoms with van der Waals surface area (Å²) in [6, 6.07) is 0. The molecule has 1 heterocycles. The summed E-state index contributed by atoms with van der Waals surface area (Å²) in [4.78, 5) is 11.2. The summed E-state index contributed by atoms with van der Waals surface area (Å²) < 4.78 is 0. The maximum Gasteiger partial charge on any atom is 0.181 e. The van der Waals surface area contributed by atoms with E-state index in [2.05, 4.69) is 20.6 Å². The van der Waals surface area contributed by atoms with Gasteiger partial charge in [0.15, 0.2) is 5.82 Å². The second-order valence-electron chi connectivity index (χ2n) is 2.75. The summed E-state index contributed by atoms with van der Waals surface area (Å²) >= 11 is 0. The van der Waals surface area contributed by atoms with E-state index in [1.807, 2.05) is 0 Å². The highest BCUT2D eigenvalue weighted by atomic mass is 16.1. The Bertz CT molecular complexity index is 252. The fourth-order valence-corrected chi connectivity index (χ4v) is 0.963. The van der Waals surface area contributed by atoms with E-state index in [0.717, 1.165) is 12.8 Å². The van der Waals surface area contributed by atoms with Gasteiger partial charge in [-0.05, 0) is 12.8 Å². The molecule has 11 heavy (non-hydrogen) atoms. The Balaban J connectivity index is 1.94. The minimum Gasteiger partial charge on any atom is -0.299 e. The first-order valence-electron chi connectivity index (χ1n) is 3.61. The Hall–Kier alpha value is -1.26. The van der Waals surface area contributed by atoms with Crippen LogP contribution in [0.2, 0.25) is 0 Å². The number of hydrogen-bond donors (Lipinski definition) is 1. The molecule has 58 valence electrons. The first-order chi connectivity index (χ1) is 5.36. The molecule has 0 saturated heterocycles. The molecule has 0 amide bonds. The number of aromatic nitrogens is 4. The number of ketones is 1. The lowest BCUT2D eigenvalue weighted by atomic mass is 10.2. The summed E-state index contributed by atoms with van der Waals surface area (Å²) in [5, 5.41) is 13.1. The van der Waals surface area contributed by atoms with E-state index in [0.29, 0.717) is 12.2 Å². The quantitative estimate of drug-likeness (QED) is 0.646. The van der Waals surface area contributed by atoms with Crippen LogP contribution in [0.1, 0.15) is 18.7 Å². The smallest absolute Gasteiger partial charge is 0.181 e. The van der Waals surface area contributed by atoms with Crippen LogP contribution in [0.5, 0.6) is 0 Å². The normalized spacial score (nSPS) is 16.7. The van der Waals surface area contributed by atoms with E-state index in [1.54, 1.807) is 0 Å². The van der Waals surface area contributed by atoms with Gasteiger partial charge in [0.2, 0.25) is 0 Å². The van der Waals surface area contributed by atoms with Crippen LogP contribution in [-0.2, 0) is 11.2 Å². The van der Waals surface area contributed by atoms with Gasteiger partial charge >= 0.3 is 0 Å². The summed E-state index contributed by atoms with van der Waals surface area (Å²) in [6.07, 6.45) is 2.41. The molecular weight excluding hydrogens is 144 g/mol.